The van der Waals surface area contributed by atoms with E-state index in [-0.39, 0.29) is 0 Å². The van der Waals surface area contributed by atoms with Crippen molar-refractivity contribution in [3.63, 3.8) is 0 Å². The molecule has 0 unspecified atom stereocenters. The Morgan fingerprint density at radius 2 is 1.11 bits per heavy atom. The van der Waals surface area contributed by atoms with Gasteiger partial charge in [-0.25, -0.2) is 0 Å². The largest absolute Gasteiger partial charge is 0.0619 e. The Morgan fingerprint density at radius 1 is 0.593 bits per heavy atom. The number of hydrogen-bond acceptors (Lipinski definition) is 0. The van der Waals surface area contributed by atoms with E-state index in [9.17, 15) is 0 Å². The molecule has 3 fully saturated rings. The summed E-state index contributed by atoms with van der Waals surface area (Å²) in [6.45, 7) is 0. The molecule has 0 nitrogen and oxygen atoms in total. The van der Waals surface area contributed by atoms with Crippen LogP contribution >= 0.6 is 0 Å². The fourth-order valence-electron chi connectivity index (χ4n) is 7.67. The number of benzene rings is 1. The van der Waals surface area contributed by atoms with Gasteiger partial charge in [0.05, 0.1) is 0 Å². The van der Waals surface area contributed by atoms with E-state index in [1.807, 2.05) is 5.57 Å². The van der Waals surface area contributed by atoms with Crippen molar-refractivity contribution in [2.75, 3.05) is 0 Å². The lowest BCUT2D eigenvalue weighted by Gasteiger charge is -2.52. The zero-order valence-electron chi connectivity index (χ0n) is 17.2. The van der Waals surface area contributed by atoms with Crippen LogP contribution in [0.1, 0.15) is 107 Å². The maximum absolute atomic E-state index is 2.72. The maximum atomic E-state index is 2.72. The molecule has 4 aliphatic rings. The number of rotatable bonds is 3. The first-order valence-electron chi connectivity index (χ1n) is 12.2. The van der Waals surface area contributed by atoms with Gasteiger partial charge in [-0.2, -0.15) is 0 Å². The summed E-state index contributed by atoms with van der Waals surface area (Å²) in [4.78, 5) is 0. The van der Waals surface area contributed by atoms with E-state index in [0.717, 1.165) is 17.8 Å². The minimum absolute atomic E-state index is 0.402. The van der Waals surface area contributed by atoms with Crippen molar-refractivity contribution in [2.45, 2.75) is 102 Å². The monoisotopic (exact) mass is 362 g/mol. The Bertz CT molecular complexity index is 645. The molecule has 0 heteroatoms. The number of allylic oxidation sites excluding steroid dienone is 1. The molecule has 5 rings (SSSR count). The summed E-state index contributed by atoms with van der Waals surface area (Å²) in [5, 5.41) is 0. The SMILES string of the molecule is C1=C(C2CCCCC2)C(C2CCCCC2)(C2CCCCC2)c2ccccc21. The highest BCUT2D eigenvalue weighted by Crippen LogP contribution is 2.61. The summed E-state index contributed by atoms with van der Waals surface area (Å²) in [6, 6.07) is 9.61. The second kappa shape index (κ2) is 7.76. The van der Waals surface area contributed by atoms with Crippen molar-refractivity contribution in [1.82, 2.24) is 0 Å². The van der Waals surface area contributed by atoms with Crippen LogP contribution in [-0.2, 0) is 5.41 Å². The maximum Gasteiger partial charge on any atom is 0.0230 e. The molecule has 146 valence electrons. The quantitative estimate of drug-likeness (QED) is 0.510. The fraction of sp³-hybridized carbons (Fsp3) is 0.704. The van der Waals surface area contributed by atoms with Crippen molar-refractivity contribution in [2.24, 2.45) is 17.8 Å². The Morgan fingerprint density at radius 3 is 1.70 bits per heavy atom. The van der Waals surface area contributed by atoms with E-state index >= 15 is 0 Å². The summed E-state index contributed by atoms with van der Waals surface area (Å²) < 4.78 is 0. The van der Waals surface area contributed by atoms with E-state index < -0.39 is 0 Å². The van der Waals surface area contributed by atoms with Gasteiger partial charge < -0.3 is 0 Å². The Balaban J connectivity index is 1.65. The fourth-order valence-corrected chi connectivity index (χ4v) is 7.67. The average molecular weight is 363 g/mol. The molecule has 0 aromatic heterocycles. The highest BCUT2D eigenvalue weighted by Gasteiger charge is 2.53. The first-order valence-corrected chi connectivity index (χ1v) is 12.2. The van der Waals surface area contributed by atoms with Crippen molar-refractivity contribution in [3.05, 3.63) is 41.0 Å². The molecule has 0 atom stereocenters. The third-order valence-corrected chi connectivity index (χ3v) is 8.74. The van der Waals surface area contributed by atoms with Gasteiger partial charge in [0.15, 0.2) is 0 Å². The lowest BCUT2D eigenvalue weighted by atomic mass is 9.52. The summed E-state index contributed by atoms with van der Waals surface area (Å²) in [5.41, 5.74) is 5.67. The van der Waals surface area contributed by atoms with E-state index in [1.54, 1.807) is 11.1 Å². The lowest BCUT2D eigenvalue weighted by molar-refractivity contribution is 0.119. The highest BCUT2D eigenvalue weighted by molar-refractivity contribution is 5.71. The van der Waals surface area contributed by atoms with E-state index in [4.69, 9.17) is 0 Å². The van der Waals surface area contributed by atoms with E-state index in [2.05, 4.69) is 30.3 Å². The zero-order valence-corrected chi connectivity index (χ0v) is 17.2. The van der Waals surface area contributed by atoms with Gasteiger partial charge in [-0.05, 0) is 67.4 Å². The summed E-state index contributed by atoms with van der Waals surface area (Å²) in [5.74, 6) is 2.69. The number of fused-ring (bicyclic) bond motifs is 1. The van der Waals surface area contributed by atoms with E-state index in [1.165, 1.54) is 96.3 Å². The van der Waals surface area contributed by atoms with Crippen LogP contribution in [0.5, 0.6) is 0 Å². The van der Waals surface area contributed by atoms with Gasteiger partial charge in [-0.1, -0.05) is 93.7 Å². The predicted molar refractivity (Wildman–Crippen MR) is 116 cm³/mol. The third kappa shape index (κ3) is 3.02. The molecule has 1 aromatic rings. The second-order valence-corrected chi connectivity index (χ2v) is 10.1. The molecule has 0 heterocycles. The van der Waals surface area contributed by atoms with Crippen LogP contribution in [0.3, 0.4) is 0 Å². The minimum atomic E-state index is 0.402. The van der Waals surface area contributed by atoms with Crippen LogP contribution in [-0.4, -0.2) is 0 Å². The molecule has 0 aliphatic heterocycles. The van der Waals surface area contributed by atoms with E-state index in [0.29, 0.717) is 5.41 Å². The Hall–Kier alpha value is -1.04. The van der Waals surface area contributed by atoms with Gasteiger partial charge in [-0.3, -0.25) is 0 Å². The molecule has 27 heavy (non-hydrogen) atoms. The topological polar surface area (TPSA) is 0 Å². The molecule has 0 bridgehead atoms. The molecule has 1 aromatic carbocycles. The Kier molecular flexibility index (Phi) is 5.18. The van der Waals surface area contributed by atoms with Crippen LogP contribution in [0.15, 0.2) is 29.8 Å². The molecule has 0 amide bonds. The van der Waals surface area contributed by atoms with Crippen molar-refractivity contribution in [3.8, 4) is 0 Å². The molecular weight excluding hydrogens is 324 g/mol. The van der Waals surface area contributed by atoms with Gasteiger partial charge in [0.25, 0.3) is 0 Å². The van der Waals surface area contributed by atoms with Gasteiger partial charge in [0.2, 0.25) is 0 Å². The molecule has 3 saturated carbocycles. The van der Waals surface area contributed by atoms with Crippen LogP contribution in [0.25, 0.3) is 6.08 Å². The molecule has 0 spiro atoms. The smallest absolute Gasteiger partial charge is 0.0230 e. The van der Waals surface area contributed by atoms with Gasteiger partial charge >= 0.3 is 0 Å². The Labute approximate surface area is 166 Å². The standard InChI is InChI=1S/C27H38/c1-4-12-21(13-5-1)26-20-22-14-10-11-19-25(22)27(26,23-15-6-2-7-16-23)24-17-8-3-9-18-24/h10-11,14,19-21,23-24H,1-9,12-13,15-18H2. The zero-order chi connectivity index (χ0) is 18.1. The third-order valence-electron chi connectivity index (χ3n) is 8.74. The molecule has 0 radical (unpaired) electrons. The van der Waals surface area contributed by atoms with Gasteiger partial charge in [0.1, 0.15) is 0 Å². The van der Waals surface area contributed by atoms with Crippen LogP contribution < -0.4 is 0 Å². The van der Waals surface area contributed by atoms with Crippen molar-refractivity contribution >= 4 is 6.08 Å². The van der Waals surface area contributed by atoms with Crippen LogP contribution in [0, 0.1) is 17.8 Å². The summed E-state index contributed by atoms with van der Waals surface area (Å²) in [7, 11) is 0. The minimum Gasteiger partial charge on any atom is -0.0619 e. The summed E-state index contributed by atoms with van der Waals surface area (Å²) in [6.07, 6.45) is 24.8. The number of hydrogen-bond donors (Lipinski definition) is 0. The molecule has 0 N–H and O–H groups in total. The van der Waals surface area contributed by atoms with Crippen molar-refractivity contribution in [1.29, 1.82) is 0 Å². The predicted octanol–water partition coefficient (Wildman–Crippen LogP) is 8.06. The van der Waals surface area contributed by atoms with Crippen molar-refractivity contribution < 1.29 is 0 Å². The summed E-state index contributed by atoms with van der Waals surface area (Å²) >= 11 is 0. The normalized spacial score (nSPS) is 27.3. The first-order chi connectivity index (χ1) is 13.4. The highest BCUT2D eigenvalue weighted by atomic mass is 14.6. The van der Waals surface area contributed by atoms with Gasteiger partial charge in [-0.15, -0.1) is 0 Å². The average Bonchev–Trinajstić information content (AvgIpc) is 3.12. The van der Waals surface area contributed by atoms with Crippen LogP contribution in [0.4, 0.5) is 0 Å². The second-order valence-electron chi connectivity index (χ2n) is 10.1. The van der Waals surface area contributed by atoms with Crippen LogP contribution in [0.2, 0.25) is 0 Å². The lowest BCUT2D eigenvalue weighted by Crippen LogP contribution is -2.46. The first kappa shape index (κ1) is 18.0. The molecule has 4 aliphatic carbocycles. The van der Waals surface area contributed by atoms with Gasteiger partial charge in [0, 0.05) is 5.41 Å². The molecular formula is C27H38. The molecule has 0 saturated heterocycles.